The van der Waals surface area contributed by atoms with Crippen molar-refractivity contribution in [1.82, 2.24) is 4.98 Å². The molecule has 3 atom stereocenters. The highest BCUT2D eigenvalue weighted by molar-refractivity contribution is 8.00. The number of carbonyl (C=O) groups is 2. The Labute approximate surface area is 238 Å². The fourth-order valence-electron chi connectivity index (χ4n) is 5.11. The number of hydrogen-bond donors (Lipinski definition) is 1. The van der Waals surface area contributed by atoms with Crippen LogP contribution in [0, 0.1) is 5.92 Å². The number of para-hydroxylation sites is 2. The number of aromatic nitrogens is 1. The Morgan fingerprint density at radius 3 is 2.38 bits per heavy atom. The summed E-state index contributed by atoms with van der Waals surface area (Å²) in [4.78, 5) is 43.5. The summed E-state index contributed by atoms with van der Waals surface area (Å²) >= 11 is 7.88. The number of rotatable bonds is 5. The lowest BCUT2D eigenvalue weighted by Crippen LogP contribution is -2.33. The number of ether oxygens (including phenoxy) is 1. The standard InChI is InChI=1S/C28H18ClF3N2O4S2/c29-15-11-9-14(10-12-15)13-38-19-8-4-1-5-16(19)20-21-23(39-24-22(20)40-27(37)33-24)26(36)34(25(21)35)18-7-3-2-6-17(18)28(30,31)32/h1-12,20-21,23H,13H2,(H,33,37)/t20-,21-,23+/m0/s1. The number of amides is 2. The summed E-state index contributed by atoms with van der Waals surface area (Å²) < 4.78 is 47.7. The summed E-state index contributed by atoms with van der Waals surface area (Å²) in [7, 11) is 0. The number of anilines is 1. The molecule has 2 amide bonds. The minimum absolute atomic E-state index is 0.179. The number of aromatic amines is 1. The van der Waals surface area contributed by atoms with Crippen molar-refractivity contribution in [2.75, 3.05) is 4.90 Å². The molecule has 1 fully saturated rings. The molecular weight excluding hydrogens is 585 g/mol. The van der Waals surface area contributed by atoms with Crippen LogP contribution >= 0.6 is 34.7 Å². The van der Waals surface area contributed by atoms with E-state index in [0.29, 0.717) is 31.1 Å². The highest BCUT2D eigenvalue weighted by Gasteiger charge is 2.57. The largest absolute Gasteiger partial charge is 0.489 e. The normalized spacial score (nSPS) is 20.4. The monoisotopic (exact) mass is 602 g/mol. The van der Waals surface area contributed by atoms with E-state index in [9.17, 15) is 27.6 Å². The molecular formula is C28H18ClF3N2O4S2. The molecule has 3 aromatic carbocycles. The van der Waals surface area contributed by atoms with Gasteiger partial charge in [0.25, 0.3) is 0 Å². The van der Waals surface area contributed by atoms with Gasteiger partial charge in [0.15, 0.2) is 0 Å². The van der Waals surface area contributed by atoms with Crippen molar-refractivity contribution >= 4 is 52.2 Å². The molecule has 4 aromatic rings. The second-order valence-corrected chi connectivity index (χ2v) is 11.8. The molecule has 0 spiro atoms. The average Bonchev–Trinajstić information content (AvgIpc) is 3.42. The van der Waals surface area contributed by atoms with E-state index in [1.165, 1.54) is 12.1 Å². The molecule has 204 valence electrons. The maximum Gasteiger partial charge on any atom is 0.418 e. The van der Waals surface area contributed by atoms with Gasteiger partial charge in [0.05, 0.1) is 22.2 Å². The minimum atomic E-state index is -4.77. The molecule has 1 saturated heterocycles. The second-order valence-electron chi connectivity index (χ2n) is 9.23. The maximum absolute atomic E-state index is 13.9. The lowest BCUT2D eigenvalue weighted by Gasteiger charge is -2.30. The van der Waals surface area contributed by atoms with Gasteiger partial charge < -0.3 is 9.72 Å². The zero-order chi connectivity index (χ0) is 28.2. The van der Waals surface area contributed by atoms with Crippen LogP contribution in [0.2, 0.25) is 5.02 Å². The summed E-state index contributed by atoms with van der Waals surface area (Å²) in [6.45, 7) is 0.179. The zero-order valence-electron chi connectivity index (χ0n) is 20.3. The molecule has 2 aliphatic heterocycles. The van der Waals surface area contributed by atoms with Crippen LogP contribution in [0.1, 0.15) is 27.5 Å². The van der Waals surface area contributed by atoms with E-state index in [0.717, 1.165) is 40.8 Å². The molecule has 6 nitrogen and oxygen atoms in total. The number of H-pyrrole nitrogens is 1. The quantitative estimate of drug-likeness (QED) is 0.264. The van der Waals surface area contributed by atoms with Crippen molar-refractivity contribution < 1.29 is 27.5 Å². The van der Waals surface area contributed by atoms with Crippen molar-refractivity contribution in [3.8, 4) is 5.75 Å². The van der Waals surface area contributed by atoms with Crippen molar-refractivity contribution in [2.45, 2.75) is 29.0 Å². The summed E-state index contributed by atoms with van der Waals surface area (Å²) in [6.07, 6.45) is -4.77. The number of thiazole rings is 1. The first-order chi connectivity index (χ1) is 19.1. The van der Waals surface area contributed by atoms with Crippen LogP contribution in [0.15, 0.2) is 82.6 Å². The fourth-order valence-corrected chi connectivity index (χ4v) is 7.74. The number of halogens is 4. The number of fused-ring (bicyclic) bond motifs is 2. The number of benzene rings is 3. The van der Waals surface area contributed by atoms with Crippen LogP contribution in [0.3, 0.4) is 0 Å². The molecule has 1 N–H and O–H groups in total. The average molecular weight is 603 g/mol. The SMILES string of the molecule is O=C1[C@H]2[C@H](c3ccccc3OCc3ccc(Cl)cc3)c3sc(=O)[nH]c3S[C@H]2C(=O)N1c1ccccc1C(F)(F)F. The maximum atomic E-state index is 13.9. The third-order valence-corrected chi connectivity index (χ3v) is 9.49. The van der Waals surface area contributed by atoms with Gasteiger partial charge in [-0.3, -0.25) is 14.4 Å². The number of thioether (sulfide) groups is 1. The van der Waals surface area contributed by atoms with Gasteiger partial charge in [-0.1, -0.05) is 77.2 Å². The van der Waals surface area contributed by atoms with Gasteiger partial charge in [-0.05, 0) is 35.9 Å². The minimum Gasteiger partial charge on any atom is -0.489 e. The fraction of sp³-hybridized carbons (Fsp3) is 0.179. The van der Waals surface area contributed by atoms with Gasteiger partial charge in [0, 0.05) is 21.4 Å². The summed E-state index contributed by atoms with van der Waals surface area (Å²) in [5.41, 5.74) is -0.199. The van der Waals surface area contributed by atoms with Gasteiger partial charge in [-0.25, -0.2) is 4.90 Å². The van der Waals surface area contributed by atoms with E-state index < -0.39 is 46.3 Å². The molecule has 1 aromatic heterocycles. The topological polar surface area (TPSA) is 79.5 Å². The van der Waals surface area contributed by atoms with E-state index >= 15 is 0 Å². The first kappa shape index (κ1) is 26.7. The van der Waals surface area contributed by atoms with Gasteiger partial charge in [-0.2, -0.15) is 13.2 Å². The highest BCUT2D eigenvalue weighted by Crippen LogP contribution is 2.55. The molecule has 0 unspecified atom stereocenters. The number of carbonyl (C=O) groups excluding carboxylic acids is 2. The number of alkyl halides is 3. The Balaban J connectivity index is 1.44. The Morgan fingerprint density at radius 1 is 0.925 bits per heavy atom. The third kappa shape index (κ3) is 4.61. The van der Waals surface area contributed by atoms with Crippen molar-refractivity contribution in [3.05, 3.63) is 109 Å². The number of hydrogen-bond acceptors (Lipinski definition) is 6. The van der Waals surface area contributed by atoms with Gasteiger partial charge in [-0.15, -0.1) is 0 Å². The van der Waals surface area contributed by atoms with Crippen molar-refractivity contribution in [3.63, 3.8) is 0 Å². The molecule has 0 aliphatic carbocycles. The molecule has 3 heterocycles. The number of nitrogens with zero attached hydrogens (tertiary/aromatic N) is 1. The van der Waals surface area contributed by atoms with Gasteiger partial charge in [0.2, 0.25) is 11.8 Å². The van der Waals surface area contributed by atoms with E-state index in [4.69, 9.17) is 16.3 Å². The van der Waals surface area contributed by atoms with Crippen LogP contribution in [0.5, 0.6) is 5.75 Å². The highest BCUT2D eigenvalue weighted by atomic mass is 35.5. The van der Waals surface area contributed by atoms with E-state index in [-0.39, 0.29) is 11.5 Å². The molecule has 6 rings (SSSR count). The summed E-state index contributed by atoms with van der Waals surface area (Å²) in [6, 6.07) is 18.6. The van der Waals surface area contributed by atoms with Crippen LogP contribution < -0.4 is 14.5 Å². The smallest absolute Gasteiger partial charge is 0.418 e. The Bertz CT molecular complexity index is 1690. The van der Waals surface area contributed by atoms with E-state index in [2.05, 4.69) is 4.98 Å². The summed E-state index contributed by atoms with van der Waals surface area (Å²) in [5, 5.41) is -0.0485. The van der Waals surface area contributed by atoms with Crippen LogP contribution in [0.25, 0.3) is 0 Å². The number of nitrogens with one attached hydrogen (secondary N) is 1. The molecule has 0 radical (unpaired) electrons. The Morgan fingerprint density at radius 2 is 1.62 bits per heavy atom. The lowest BCUT2D eigenvalue weighted by molar-refractivity contribution is -0.137. The molecule has 40 heavy (non-hydrogen) atoms. The predicted molar refractivity (Wildman–Crippen MR) is 146 cm³/mol. The molecule has 0 saturated carbocycles. The van der Waals surface area contributed by atoms with E-state index in [1.54, 1.807) is 36.4 Å². The summed E-state index contributed by atoms with van der Waals surface area (Å²) in [5.74, 6) is -2.96. The lowest BCUT2D eigenvalue weighted by atomic mass is 9.82. The first-order valence-corrected chi connectivity index (χ1v) is 14.1. The first-order valence-electron chi connectivity index (χ1n) is 12.0. The van der Waals surface area contributed by atoms with Crippen LogP contribution in [-0.4, -0.2) is 22.0 Å². The second kappa shape index (κ2) is 10.1. The van der Waals surface area contributed by atoms with Crippen molar-refractivity contribution in [2.24, 2.45) is 5.92 Å². The predicted octanol–water partition coefficient (Wildman–Crippen LogP) is 6.48. The van der Waals surface area contributed by atoms with Gasteiger partial charge >= 0.3 is 11.0 Å². The third-order valence-electron chi connectivity index (χ3n) is 6.84. The van der Waals surface area contributed by atoms with Crippen molar-refractivity contribution in [1.29, 1.82) is 0 Å². The van der Waals surface area contributed by atoms with Crippen LogP contribution in [-0.2, 0) is 22.4 Å². The number of imide groups is 1. The van der Waals surface area contributed by atoms with E-state index in [1.807, 2.05) is 12.1 Å². The zero-order valence-corrected chi connectivity index (χ0v) is 22.7. The van der Waals surface area contributed by atoms with Gasteiger partial charge in [0.1, 0.15) is 17.6 Å². The Hall–Kier alpha value is -3.54. The van der Waals surface area contributed by atoms with Crippen LogP contribution in [0.4, 0.5) is 18.9 Å². The molecule has 12 heteroatoms. The Kier molecular flexibility index (Phi) is 6.76. The molecule has 2 aliphatic rings. The molecule has 0 bridgehead atoms.